The molecule has 0 saturated carbocycles. The topological polar surface area (TPSA) is 41.1 Å². The molecule has 0 saturated heterocycles. The molecule has 0 aliphatic rings. The van der Waals surface area contributed by atoms with E-state index >= 15 is 0 Å². The molecule has 1 atom stereocenters. The van der Waals surface area contributed by atoms with Crippen molar-refractivity contribution in [1.82, 2.24) is 5.32 Å². The van der Waals surface area contributed by atoms with Gasteiger partial charge in [0.1, 0.15) is 5.82 Å². The van der Waals surface area contributed by atoms with Crippen LogP contribution in [0.5, 0.6) is 0 Å². The second-order valence-electron chi connectivity index (χ2n) is 4.58. The maximum atomic E-state index is 13.4. The van der Waals surface area contributed by atoms with Crippen LogP contribution in [0.1, 0.15) is 20.8 Å². The lowest BCUT2D eigenvalue weighted by Crippen LogP contribution is -2.39. The number of hydrogen-bond donors (Lipinski definition) is 2. The summed E-state index contributed by atoms with van der Waals surface area (Å²) in [5.41, 5.74) is 0.231. The van der Waals surface area contributed by atoms with Gasteiger partial charge in [-0.2, -0.15) is 0 Å². The normalized spacial score (nSPS) is 12.3. The molecule has 1 unspecified atom stereocenters. The van der Waals surface area contributed by atoms with Crippen molar-refractivity contribution in [2.45, 2.75) is 26.8 Å². The largest absolute Gasteiger partial charge is 0.374 e. The summed E-state index contributed by atoms with van der Waals surface area (Å²) in [6, 6.07) is 4.27. The van der Waals surface area contributed by atoms with Gasteiger partial charge in [-0.1, -0.05) is 25.4 Å². The Hall–Kier alpha value is -1.29. The predicted molar refractivity (Wildman–Crippen MR) is 72.3 cm³/mol. The molecule has 0 fully saturated rings. The predicted octanol–water partition coefficient (Wildman–Crippen LogP) is 3.05. The minimum absolute atomic E-state index is 0.0221. The fraction of sp³-hybridized carbons (Fsp3) is 0.462. The maximum absolute atomic E-state index is 13.4. The highest BCUT2D eigenvalue weighted by Gasteiger charge is 2.11. The van der Waals surface area contributed by atoms with Gasteiger partial charge in [0.2, 0.25) is 5.91 Å². The molecule has 18 heavy (non-hydrogen) atoms. The van der Waals surface area contributed by atoms with Crippen LogP contribution in [0.15, 0.2) is 18.2 Å². The first-order valence-electron chi connectivity index (χ1n) is 5.88. The Balaban J connectivity index is 2.50. The molecule has 3 nitrogen and oxygen atoms in total. The van der Waals surface area contributed by atoms with Gasteiger partial charge in [-0.05, 0) is 31.0 Å². The van der Waals surface area contributed by atoms with Gasteiger partial charge in [0, 0.05) is 11.1 Å². The van der Waals surface area contributed by atoms with Crippen LogP contribution in [0.4, 0.5) is 10.1 Å². The Bertz CT molecular complexity index is 423. The Morgan fingerprint density at radius 1 is 1.39 bits per heavy atom. The SMILES string of the molecule is CC(C)C(C)NC(=O)CNc1cc(Cl)ccc1F. The molecule has 0 radical (unpaired) electrons. The highest BCUT2D eigenvalue weighted by Crippen LogP contribution is 2.19. The molecular formula is C13H18ClFN2O. The lowest BCUT2D eigenvalue weighted by Gasteiger charge is -2.17. The molecule has 1 rings (SSSR count). The molecular weight excluding hydrogens is 255 g/mol. The molecule has 0 aromatic heterocycles. The minimum atomic E-state index is -0.427. The van der Waals surface area contributed by atoms with E-state index in [4.69, 9.17) is 11.6 Å². The van der Waals surface area contributed by atoms with Crippen LogP contribution in [-0.2, 0) is 4.79 Å². The first-order valence-corrected chi connectivity index (χ1v) is 6.26. The molecule has 0 bridgehead atoms. The lowest BCUT2D eigenvalue weighted by molar-refractivity contribution is -0.120. The highest BCUT2D eigenvalue weighted by molar-refractivity contribution is 6.30. The monoisotopic (exact) mass is 272 g/mol. The van der Waals surface area contributed by atoms with E-state index in [0.717, 1.165) is 0 Å². The van der Waals surface area contributed by atoms with E-state index in [1.165, 1.54) is 18.2 Å². The van der Waals surface area contributed by atoms with E-state index in [2.05, 4.69) is 10.6 Å². The summed E-state index contributed by atoms with van der Waals surface area (Å²) in [5, 5.41) is 5.98. The van der Waals surface area contributed by atoms with Gasteiger partial charge in [-0.25, -0.2) is 4.39 Å². The molecule has 100 valence electrons. The van der Waals surface area contributed by atoms with Gasteiger partial charge in [-0.3, -0.25) is 4.79 Å². The number of benzene rings is 1. The number of amides is 1. The summed E-state index contributed by atoms with van der Waals surface area (Å²) < 4.78 is 13.4. The lowest BCUT2D eigenvalue weighted by atomic mass is 10.1. The second-order valence-corrected chi connectivity index (χ2v) is 5.01. The number of hydrogen-bond acceptors (Lipinski definition) is 2. The van der Waals surface area contributed by atoms with Gasteiger partial charge in [0.15, 0.2) is 0 Å². The average molecular weight is 273 g/mol. The standard InChI is InChI=1S/C13H18ClFN2O/c1-8(2)9(3)17-13(18)7-16-12-6-10(14)4-5-11(12)15/h4-6,8-9,16H,7H2,1-3H3,(H,17,18). The number of anilines is 1. The third kappa shape index (κ3) is 4.53. The van der Waals surface area contributed by atoms with E-state index in [1.807, 2.05) is 20.8 Å². The zero-order chi connectivity index (χ0) is 13.7. The number of carbonyl (C=O) groups is 1. The van der Waals surface area contributed by atoms with Crippen molar-refractivity contribution in [3.8, 4) is 0 Å². The van der Waals surface area contributed by atoms with Crippen LogP contribution >= 0.6 is 11.6 Å². The Morgan fingerprint density at radius 2 is 2.06 bits per heavy atom. The van der Waals surface area contributed by atoms with Gasteiger partial charge >= 0.3 is 0 Å². The molecule has 1 aromatic carbocycles. The molecule has 5 heteroatoms. The van der Waals surface area contributed by atoms with Crippen LogP contribution in [0.3, 0.4) is 0 Å². The molecule has 0 aliphatic heterocycles. The van der Waals surface area contributed by atoms with Gasteiger partial charge < -0.3 is 10.6 Å². The van der Waals surface area contributed by atoms with E-state index in [-0.39, 0.29) is 24.2 Å². The summed E-state index contributed by atoms with van der Waals surface area (Å²) in [5.74, 6) is -0.239. The molecule has 1 aromatic rings. The zero-order valence-electron chi connectivity index (χ0n) is 10.8. The summed E-state index contributed by atoms with van der Waals surface area (Å²) in [4.78, 5) is 11.6. The van der Waals surface area contributed by atoms with Crippen molar-refractivity contribution >= 4 is 23.2 Å². The first-order chi connectivity index (χ1) is 8.40. The summed E-state index contributed by atoms with van der Waals surface area (Å²) >= 11 is 5.75. The summed E-state index contributed by atoms with van der Waals surface area (Å²) in [6.07, 6.45) is 0. The summed E-state index contributed by atoms with van der Waals surface area (Å²) in [6.45, 7) is 6.00. The Labute approximate surface area is 112 Å². The van der Waals surface area contributed by atoms with Crippen molar-refractivity contribution in [1.29, 1.82) is 0 Å². The van der Waals surface area contributed by atoms with Crippen LogP contribution in [-0.4, -0.2) is 18.5 Å². The Kier molecular flexibility index (Phi) is 5.41. The van der Waals surface area contributed by atoms with Gasteiger partial charge in [0.05, 0.1) is 12.2 Å². The molecule has 1 amide bonds. The smallest absolute Gasteiger partial charge is 0.239 e. The van der Waals surface area contributed by atoms with Crippen molar-refractivity contribution in [3.63, 3.8) is 0 Å². The number of halogens is 2. The fourth-order valence-corrected chi connectivity index (χ4v) is 1.45. The second kappa shape index (κ2) is 6.59. The van der Waals surface area contributed by atoms with Crippen LogP contribution < -0.4 is 10.6 Å². The van der Waals surface area contributed by atoms with E-state index in [1.54, 1.807) is 0 Å². The third-order valence-electron chi connectivity index (χ3n) is 2.76. The molecule has 0 spiro atoms. The molecule has 0 aliphatic carbocycles. The fourth-order valence-electron chi connectivity index (χ4n) is 1.28. The third-order valence-corrected chi connectivity index (χ3v) is 2.99. The van der Waals surface area contributed by atoms with Gasteiger partial charge in [-0.15, -0.1) is 0 Å². The minimum Gasteiger partial charge on any atom is -0.374 e. The van der Waals surface area contributed by atoms with Crippen molar-refractivity contribution in [3.05, 3.63) is 29.0 Å². The first kappa shape index (κ1) is 14.8. The van der Waals surface area contributed by atoms with Gasteiger partial charge in [0.25, 0.3) is 0 Å². The zero-order valence-corrected chi connectivity index (χ0v) is 11.5. The van der Waals surface area contributed by atoms with Crippen LogP contribution in [0.25, 0.3) is 0 Å². The number of carbonyl (C=O) groups excluding carboxylic acids is 1. The van der Waals surface area contributed by atoms with Crippen molar-refractivity contribution in [2.75, 3.05) is 11.9 Å². The summed E-state index contributed by atoms with van der Waals surface area (Å²) in [7, 11) is 0. The Morgan fingerprint density at radius 3 is 2.67 bits per heavy atom. The van der Waals surface area contributed by atoms with Crippen molar-refractivity contribution < 1.29 is 9.18 Å². The molecule has 2 N–H and O–H groups in total. The average Bonchev–Trinajstić information content (AvgIpc) is 2.30. The molecule has 0 heterocycles. The maximum Gasteiger partial charge on any atom is 0.239 e. The number of rotatable bonds is 5. The van der Waals surface area contributed by atoms with Crippen LogP contribution in [0, 0.1) is 11.7 Å². The highest BCUT2D eigenvalue weighted by atomic mass is 35.5. The van der Waals surface area contributed by atoms with Crippen molar-refractivity contribution in [2.24, 2.45) is 5.92 Å². The van der Waals surface area contributed by atoms with E-state index in [9.17, 15) is 9.18 Å². The van der Waals surface area contributed by atoms with E-state index in [0.29, 0.717) is 10.9 Å². The number of nitrogens with one attached hydrogen (secondary N) is 2. The quantitative estimate of drug-likeness (QED) is 0.865. The van der Waals surface area contributed by atoms with E-state index < -0.39 is 5.82 Å². The van der Waals surface area contributed by atoms with Crippen LogP contribution in [0.2, 0.25) is 5.02 Å².